The first-order chi connectivity index (χ1) is 10.8. The van der Waals surface area contributed by atoms with Gasteiger partial charge in [0.2, 0.25) is 5.91 Å². The van der Waals surface area contributed by atoms with Gasteiger partial charge in [0, 0.05) is 17.2 Å². The Hall–Kier alpha value is -2.18. The number of nitrogens with one attached hydrogen (secondary N) is 1. The molecule has 23 heavy (non-hydrogen) atoms. The Morgan fingerprint density at radius 1 is 1.43 bits per heavy atom. The van der Waals surface area contributed by atoms with Crippen LogP contribution in [0.2, 0.25) is 0 Å². The number of sulfonamides is 1. The monoisotopic (exact) mass is 396 g/mol. The van der Waals surface area contributed by atoms with Crippen LogP contribution in [-0.2, 0) is 27.8 Å². The summed E-state index contributed by atoms with van der Waals surface area (Å²) in [4.78, 5) is 11.8. The summed E-state index contributed by atoms with van der Waals surface area (Å²) >= 11 is 3.14. The van der Waals surface area contributed by atoms with Crippen LogP contribution in [0.5, 0.6) is 0 Å². The Balaban J connectivity index is 2.16. The number of carbonyl (C=O) groups is 1. The Morgan fingerprint density at radius 2 is 2.17 bits per heavy atom. The Kier molecular flexibility index (Phi) is 5.18. The van der Waals surface area contributed by atoms with Gasteiger partial charge in [-0.05, 0) is 30.7 Å². The minimum Gasteiger partial charge on any atom is -0.274 e. The molecule has 1 amide bonds. The van der Waals surface area contributed by atoms with Crippen LogP contribution < -0.4 is 4.72 Å². The maximum Gasteiger partial charge on any atom is 0.264 e. The number of hydrogen-bond donors (Lipinski definition) is 1. The van der Waals surface area contributed by atoms with E-state index in [-0.39, 0.29) is 16.9 Å². The van der Waals surface area contributed by atoms with E-state index in [1.54, 1.807) is 10.9 Å². The SMILES string of the molecule is CCn1cc(CC(=O)NS(=O)(=O)c2cc(Br)cc(C#N)c2)cn1. The summed E-state index contributed by atoms with van der Waals surface area (Å²) in [5, 5.41) is 12.9. The van der Waals surface area contributed by atoms with Crippen molar-refractivity contribution in [2.45, 2.75) is 24.8 Å². The molecule has 0 spiro atoms. The van der Waals surface area contributed by atoms with Gasteiger partial charge in [0.05, 0.1) is 29.1 Å². The van der Waals surface area contributed by atoms with Crippen molar-refractivity contribution in [1.82, 2.24) is 14.5 Å². The highest BCUT2D eigenvalue weighted by molar-refractivity contribution is 9.10. The number of aryl methyl sites for hydroxylation is 1. The Morgan fingerprint density at radius 3 is 2.78 bits per heavy atom. The fourth-order valence-electron chi connectivity index (χ4n) is 1.88. The molecule has 0 saturated carbocycles. The minimum atomic E-state index is -4.04. The number of amides is 1. The summed E-state index contributed by atoms with van der Waals surface area (Å²) in [6.07, 6.45) is 3.10. The van der Waals surface area contributed by atoms with Crippen molar-refractivity contribution < 1.29 is 13.2 Å². The third kappa shape index (κ3) is 4.40. The lowest BCUT2D eigenvalue weighted by molar-refractivity contribution is -0.118. The summed E-state index contributed by atoms with van der Waals surface area (Å²) in [6.45, 7) is 2.57. The number of nitriles is 1. The molecule has 0 saturated heterocycles. The average molecular weight is 397 g/mol. The number of halogens is 1. The molecule has 0 radical (unpaired) electrons. The second kappa shape index (κ2) is 6.93. The van der Waals surface area contributed by atoms with Crippen molar-refractivity contribution in [1.29, 1.82) is 5.26 Å². The molecule has 120 valence electrons. The molecule has 0 unspecified atom stereocenters. The molecule has 2 rings (SSSR count). The van der Waals surface area contributed by atoms with Crippen LogP contribution in [-0.4, -0.2) is 24.1 Å². The van der Waals surface area contributed by atoms with Gasteiger partial charge in [0.25, 0.3) is 10.0 Å². The second-order valence-corrected chi connectivity index (χ2v) is 7.30. The van der Waals surface area contributed by atoms with Crippen molar-refractivity contribution in [2.24, 2.45) is 0 Å². The van der Waals surface area contributed by atoms with E-state index in [1.165, 1.54) is 24.4 Å². The molecule has 0 bridgehead atoms. The number of benzene rings is 1. The molecule has 0 fully saturated rings. The molecule has 0 aliphatic carbocycles. The van der Waals surface area contributed by atoms with Crippen molar-refractivity contribution in [2.75, 3.05) is 0 Å². The second-order valence-electron chi connectivity index (χ2n) is 4.70. The van der Waals surface area contributed by atoms with E-state index in [1.807, 2.05) is 17.7 Å². The Bertz CT molecular complexity index is 884. The van der Waals surface area contributed by atoms with Crippen LogP contribution in [0.3, 0.4) is 0 Å². The summed E-state index contributed by atoms with van der Waals surface area (Å²) in [7, 11) is -4.04. The largest absolute Gasteiger partial charge is 0.274 e. The normalized spacial score (nSPS) is 11.0. The van der Waals surface area contributed by atoms with Crippen LogP contribution in [0.1, 0.15) is 18.1 Å². The number of nitrogens with zero attached hydrogens (tertiary/aromatic N) is 3. The summed E-state index contributed by atoms with van der Waals surface area (Å²) < 4.78 is 28.5. The molecule has 0 aliphatic rings. The quantitative estimate of drug-likeness (QED) is 0.825. The van der Waals surface area contributed by atoms with E-state index in [9.17, 15) is 13.2 Å². The molecule has 1 N–H and O–H groups in total. The lowest BCUT2D eigenvalue weighted by Gasteiger charge is -2.07. The molecular weight excluding hydrogens is 384 g/mol. The molecule has 2 aromatic rings. The van der Waals surface area contributed by atoms with E-state index in [4.69, 9.17) is 5.26 Å². The zero-order valence-corrected chi connectivity index (χ0v) is 14.6. The maximum absolute atomic E-state index is 12.2. The number of carbonyl (C=O) groups excluding carboxylic acids is 1. The van der Waals surface area contributed by atoms with Crippen molar-refractivity contribution in [3.8, 4) is 6.07 Å². The maximum atomic E-state index is 12.2. The van der Waals surface area contributed by atoms with Gasteiger partial charge in [-0.15, -0.1) is 0 Å². The van der Waals surface area contributed by atoms with Gasteiger partial charge < -0.3 is 0 Å². The molecular formula is C14H13BrN4O3S. The zero-order chi connectivity index (χ0) is 17.0. The Labute approximate surface area is 142 Å². The first-order valence-corrected chi connectivity index (χ1v) is 8.89. The first-order valence-electron chi connectivity index (χ1n) is 6.61. The highest BCUT2D eigenvalue weighted by atomic mass is 79.9. The first kappa shape index (κ1) is 17.2. The third-order valence-electron chi connectivity index (χ3n) is 2.93. The predicted octanol–water partition coefficient (Wildman–Crippen LogP) is 1.58. The smallest absolute Gasteiger partial charge is 0.264 e. The van der Waals surface area contributed by atoms with Crippen LogP contribution in [0.4, 0.5) is 0 Å². The van der Waals surface area contributed by atoms with E-state index in [2.05, 4.69) is 21.0 Å². The molecule has 0 atom stereocenters. The van der Waals surface area contributed by atoms with Crippen molar-refractivity contribution in [3.63, 3.8) is 0 Å². The minimum absolute atomic E-state index is 0.0989. The van der Waals surface area contributed by atoms with E-state index >= 15 is 0 Å². The zero-order valence-electron chi connectivity index (χ0n) is 12.2. The molecule has 1 heterocycles. The van der Waals surface area contributed by atoms with Gasteiger partial charge in [-0.1, -0.05) is 15.9 Å². The van der Waals surface area contributed by atoms with E-state index in [0.29, 0.717) is 16.6 Å². The van der Waals surface area contributed by atoms with Crippen LogP contribution in [0.25, 0.3) is 0 Å². The third-order valence-corrected chi connectivity index (χ3v) is 4.74. The average Bonchev–Trinajstić information content (AvgIpc) is 2.93. The number of hydrogen-bond acceptors (Lipinski definition) is 5. The van der Waals surface area contributed by atoms with E-state index < -0.39 is 15.9 Å². The van der Waals surface area contributed by atoms with Crippen LogP contribution in [0.15, 0.2) is 40.0 Å². The summed E-state index contributed by atoms with van der Waals surface area (Å²) in [6, 6.07) is 5.88. The lowest BCUT2D eigenvalue weighted by atomic mass is 10.2. The van der Waals surface area contributed by atoms with Crippen LogP contribution in [0, 0.1) is 11.3 Å². The topological polar surface area (TPSA) is 105 Å². The summed E-state index contributed by atoms with van der Waals surface area (Å²) in [5.74, 6) is -0.667. The highest BCUT2D eigenvalue weighted by Crippen LogP contribution is 2.19. The summed E-state index contributed by atoms with van der Waals surface area (Å²) in [5.41, 5.74) is 0.794. The number of aromatic nitrogens is 2. The van der Waals surface area contributed by atoms with Crippen molar-refractivity contribution >= 4 is 31.9 Å². The predicted molar refractivity (Wildman–Crippen MR) is 85.8 cm³/mol. The molecule has 7 nitrogen and oxygen atoms in total. The fraction of sp³-hybridized carbons (Fsp3) is 0.214. The molecule has 1 aromatic heterocycles. The van der Waals surface area contributed by atoms with Gasteiger partial charge in [-0.3, -0.25) is 9.48 Å². The van der Waals surface area contributed by atoms with Gasteiger partial charge in [-0.2, -0.15) is 10.4 Å². The fourth-order valence-corrected chi connectivity index (χ4v) is 3.58. The lowest BCUT2D eigenvalue weighted by Crippen LogP contribution is -2.31. The molecule has 0 aliphatic heterocycles. The van der Waals surface area contributed by atoms with Crippen LogP contribution >= 0.6 is 15.9 Å². The van der Waals surface area contributed by atoms with Gasteiger partial charge in [0.15, 0.2) is 0 Å². The van der Waals surface area contributed by atoms with Gasteiger partial charge >= 0.3 is 0 Å². The van der Waals surface area contributed by atoms with Crippen molar-refractivity contribution in [3.05, 3.63) is 46.2 Å². The standard InChI is InChI=1S/C14H13BrN4O3S/c1-2-19-9-11(8-17-19)5-14(20)18-23(21,22)13-4-10(7-16)3-12(15)6-13/h3-4,6,8-9H,2,5H2,1H3,(H,18,20). The number of rotatable bonds is 5. The highest BCUT2D eigenvalue weighted by Gasteiger charge is 2.19. The molecule has 1 aromatic carbocycles. The van der Waals surface area contributed by atoms with Gasteiger partial charge in [0.1, 0.15) is 0 Å². The molecule has 9 heteroatoms. The van der Waals surface area contributed by atoms with Gasteiger partial charge in [-0.25, -0.2) is 13.1 Å². The van der Waals surface area contributed by atoms with E-state index in [0.717, 1.165) is 0 Å².